The summed E-state index contributed by atoms with van der Waals surface area (Å²) in [6, 6.07) is 26.3. The number of anilines is 1. The first kappa shape index (κ1) is 20.1. The fourth-order valence-electron chi connectivity index (χ4n) is 3.10. The number of hydrogen-bond donors (Lipinski definition) is 2. The number of rotatable bonds is 5. The lowest BCUT2D eigenvalue weighted by molar-refractivity contribution is 1.08. The zero-order valence-corrected chi connectivity index (χ0v) is 17.0. The molecule has 0 spiro atoms. The molecule has 7 heteroatoms. The predicted octanol–water partition coefficient (Wildman–Crippen LogP) is 5.07. The van der Waals surface area contributed by atoms with Crippen LogP contribution in [0.4, 0.5) is 5.95 Å². The van der Waals surface area contributed by atoms with Crippen molar-refractivity contribution in [1.29, 1.82) is 5.26 Å². The highest BCUT2D eigenvalue weighted by molar-refractivity contribution is 6.30. The standard InChI is InChI=1S/C24H16ClN5O/c25-19-12-10-16(11-13-19)20-9-5-4-8-18(20)15-27-30-24-28-22(17-6-2-1-3-7-17)21(14-26)23(31)29-24/h1-13,15H,(H2,28,29,30,31). The van der Waals surface area contributed by atoms with Crippen molar-refractivity contribution >= 4 is 23.8 Å². The van der Waals surface area contributed by atoms with E-state index >= 15 is 0 Å². The van der Waals surface area contributed by atoms with Gasteiger partial charge in [0, 0.05) is 16.1 Å². The maximum Gasteiger partial charge on any atom is 0.270 e. The molecular formula is C24H16ClN5O. The van der Waals surface area contributed by atoms with Crippen molar-refractivity contribution in [3.8, 4) is 28.5 Å². The average molecular weight is 426 g/mol. The molecule has 150 valence electrons. The SMILES string of the molecule is N#Cc1c(-c2ccccc2)nc(NN=Cc2ccccc2-c2ccc(Cl)cc2)[nH]c1=O. The molecule has 0 fully saturated rings. The molecule has 0 aliphatic heterocycles. The monoisotopic (exact) mass is 425 g/mol. The van der Waals surface area contributed by atoms with E-state index in [1.807, 2.05) is 72.8 Å². The Kier molecular flexibility index (Phi) is 5.88. The molecule has 4 aromatic rings. The zero-order chi connectivity index (χ0) is 21.6. The van der Waals surface area contributed by atoms with Gasteiger partial charge in [-0.05, 0) is 23.3 Å². The lowest BCUT2D eigenvalue weighted by Crippen LogP contribution is -2.16. The van der Waals surface area contributed by atoms with Gasteiger partial charge in [0.15, 0.2) is 0 Å². The van der Waals surface area contributed by atoms with Gasteiger partial charge >= 0.3 is 0 Å². The molecule has 0 radical (unpaired) electrons. The highest BCUT2D eigenvalue weighted by Gasteiger charge is 2.12. The van der Waals surface area contributed by atoms with E-state index in [0.717, 1.165) is 16.7 Å². The topological polar surface area (TPSA) is 93.9 Å². The minimum atomic E-state index is -0.532. The number of H-pyrrole nitrogens is 1. The molecule has 0 aliphatic carbocycles. The summed E-state index contributed by atoms with van der Waals surface area (Å²) >= 11 is 5.99. The first-order valence-electron chi connectivity index (χ1n) is 9.39. The second-order valence-corrected chi connectivity index (χ2v) is 7.02. The van der Waals surface area contributed by atoms with Crippen LogP contribution < -0.4 is 11.0 Å². The number of aromatic amines is 1. The fraction of sp³-hybridized carbons (Fsp3) is 0. The normalized spacial score (nSPS) is 10.7. The zero-order valence-electron chi connectivity index (χ0n) is 16.2. The molecule has 0 bridgehead atoms. The molecule has 6 nitrogen and oxygen atoms in total. The Labute approximate surface area is 183 Å². The van der Waals surface area contributed by atoms with Gasteiger partial charge in [-0.1, -0.05) is 78.3 Å². The molecule has 1 heterocycles. The van der Waals surface area contributed by atoms with Gasteiger partial charge in [-0.15, -0.1) is 0 Å². The number of hydrogen-bond acceptors (Lipinski definition) is 5. The van der Waals surface area contributed by atoms with Crippen molar-refractivity contribution < 1.29 is 0 Å². The first-order chi connectivity index (χ1) is 15.2. The van der Waals surface area contributed by atoms with Gasteiger partial charge in [0.1, 0.15) is 11.6 Å². The van der Waals surface area contributed by atoms with Gasteiger partial charge < -0.3 is 0 Å². The third-order valence-corrected chi connectivity index (χ3v) is 4.82. The van der Waals surface area contributed by atoms with Crippen LogP contribution in [0.3, 0.4) is 0 Å². The molecular weight excluding hydrogens is 410 g/mol. The van der Waals surface area contributed by atoms with Gasteiger partial charge in [0.05, 0.1) is 11.9 Å². The summed E-state index contributed by atoms with van der Waals surface area (Å²) < 4.78 is 0. The van der Waals surface area contributed by atoms with Gasteiger partial charge in [-0.25, -0.2) is 10.4 Å². The van der Waals surface area contributed by atoms with Crippen LogP contribution in [-0.4, -0.2) is 16.2 Å². The molecule has 2 N–H and O–H groups in total. The van der Waals surface area contributed by atoms with E-state index < -0.39 is 5.56 Å². The Bertz CT molecular complexity index is 1340. The van der Waals surface area contributed by atoms with Crippen molar-refractivity contribution in [2.75, 3.05) is 5.43 Å². The third kappa shape index (κ3) is 4.53. The van der Waals surface area contributed by atoms with Crippen molar-refractivity contribution in [2.24, 2.45) is 5.10 Å². The quantitative estimate of drug-likeness (QED) is 0.344. The summed E-state index contributed by atoms with van der Waals surface area (Å²) in [5.74, 6) is 0.142. The summed E-state index contributed by atoms with van der Waals surface area (Å²) in [5, 5.41) is 14.3. The van der Waals surface area contributed by atoms with Crippen molar-refractivity contribution in [3.63, 3.8) is 0 Å². The molecule has 1 aromatic heterocycles. The summed E-state index contributed by atoms with van der Waals surface area (Å²) in [5.41, 5.74) is 6.00. The number of halogens is 1. The van der Waals surface area contributed by atoms with Gasteiger partial charge in [0.2, 0.25) is 5.95 Å². The Morgan fingerprint density at radius 1 is 0.968 bits per heavy atom. The van der Waals surface area contributed by atoms with E-state index in [0.29, 0.717) is 16.3 Å². The third-order valence-electron chi connectivity index (χ3n) is 4.57. The Balaban J connectivity index is 1.64. The molecule has 4 rings (SSSR count). The van der Waals surface area contributed by atoms with Crippen LogP contribution >= 0.6 is 11.6 Å². The second-order valence-electron chi connectivity index (χ2n) is 6.58. The minimum Gasteiger partial charge on any atom is -0.290 e. The van der Waals surface area contributed by atoms with Crippen molar-refractivity contribution in [1.82, 2.24) is 9.97 Å². The van der Waals surface area contributed by atoms with Crippen molar-refractivity contribution in [2.45, 2.75) is 0 Å². The Morgan fingerprint density at radius 2 is 1.68 bits per heavy atom. The van der Waals surface area contributed by atoms with E-state index in [1.54, 1.807) is 18.3 Å². The van der Waals surface area contributed by atoms with Crippen LogP contribution in [0, 0.1) is 11.3 Å². The molecule has 3 aromatic carbocycles. The summed E-state index contributed by atoms with van der Waals surface area (Å²) in [7, 11) is 0. The van der Waals surface area contributed by atoms with Gasteiger partial charge in [-0.2, -0.15) is 10.4 Å². The number of aromatic nitrogens is 2. The smallest absolute Gasteiger partial charge is 0.270 e. The highest BCUT2D eigenvalue weighted by Crippen LogP contribution is 2.24. The Morgan fingerprint density at radius 3 is 2.42 bits per heavy atom. The number of nitrogens with zero attached hydrogens (tertiary/aromatic N) is 3. The largest absolute Gasteiger partial charge is 0.290 e. The number of nitriles is 1. The van der Waals surface area contributed by atoms with Crippen LogP contribution in [0.5, 0.6) is 0 Å². The highest BCUT2D eigenvalue weighted by atomic mass is 35.5. The predicted molar refractivity (Wildman–Crippen MR) is 123 cm³/mol. The minimum absolute atomic E-state index is 0.0474. The van der Waals surface area contributed by atoms with Crippen LogP contribution in [0.2, 0.25) is 5.02 Å². The number of hydrazone groups is 1. The van der Waals surface area contributed by atoms with Crippen LogP contribution in [0.15, 0.2) is 88.8 Å². The molecule has 0 aliphatic rings. The average Bonchev–Trinajstić information content (AvgIpc) is 2.80. The summed E-state index contributed by atoms with van der Waals surface area (Å²) in [6.45, 7) is 0. The summed E-state index contributed by atoms with van der Waals surface area (Å²) in [4.78, 5) is 19.3. The van der Waals surface area contributed by atoms with Crippen LogP contribution in [-0.2, 0) is 0 Å². The van der Waals surface area contributed by atoms with Gasteiger partial charge in [-0.3, -0.25) is 9.78 Å². The van der Waals surface area contributed by atoms with Crippen LogP contribution in [0.25, 0.3) is 22.4 Å². The van der Waals surface area contributed by atoms with E-state index in [1.165, 1.54) is 0 Å². The van der Waals surface area contributed by atoms with E-state index in [2.05, 4.69) is 20.5 Å². The molecule has 0 saturated heterocycles. The number of benzene rings is 3. The number of nitrogens with one attached hydrogen (secondary N) is 2. The lowest BCUT2D eigenvalue weighted by Gasteiger charge is -2.07. The van der Waals surface area contributed by atoms with E-state index in [9.17, 15) is 10.1 Å². The van der Waals surface area contributed by atoms with E-state index in [4.69, 9.17) is 11.6 Å². The van der Waals surface area contributed by atoms with E-state index in [-0.39, 0.29) is 11.5 Å². The fourth-order valence-corrected chi connectivity index (χ4v) is 3.23. The Hall–Kier alpha value is -4.21. The molecule has 0 amide bonds. The summed E-state index contributed by atoms with van der Waals surface area (Å²) in [6.07, 6.45) is 1.64. The van der Waals surface area contributed by atoms with Crippen molar-refractivity contribution in [3.05, 3.63) is 105 Å². The molecule has 0 unspecified atom stereocenters. The second kappa shape index (κ2) is 9.08. The molecule has 31 heavy (non-hydrogen) atoms. The molecule has 0 saturated carbocycles. The lowest BCUT2D eigenvalue weighted by atomic mass is 10.0. The van der Waals surface area contributed by atoms with Crippen LogP contribution in [0.1, 0.15) is 11.1 Å². The molecule has 0 atom stereocenters. The maximum absolute atomic E-state index is 12.3. The van der Waals surface area contributed by atoms with Gasteiger partial charge in [0.25, 0.3) is 5.56 Å². The maximum atomic E-state index is 12.3. The first-order valence-corrected chi connectivity index (χ1v) is 9.77.